The number of ether oxygens (including phenoxy) is 2. The third-order valence-corrected chi connectivity index (χ3v) is 4.24. The lowest BCUT2D eigenvalue weighted by molar-refractivity contribution is -0.149. The summed E-state index contributed by atoms with van der Waals surface area (Å²) in [6.07, 6.45) is 1.09. The van der Waals surface area contributed by atoms with Gasteiger partial charge in [0.2, 0.25) is 5.91 Å². The number of nitrogens with one attached hydrogen (secondary N) is 1. The van der Waals surface area contributed by atoms with Crippen molar-refractivity contribution in [1.29, 1.82) is 0 Å². The smallest absolute Gasteiger partial charge is 0.311 e. The third kappa shape index (κ3) is 4.61. The number of amides is 1. The first-order chi connectivity index (χ1) is 10.9. The zero-order chi connectivity index (χ0) is 17.5. The molecular formula is C17H25NO5. The molecule has 0 saturated carbocycles. The number of rotatable bonds is 9. The van der Waals surface area contributed by atoms with Crippen molar-refractivity contribution in [1.82, 2.24) is 5.32 Å². The van der Waals surface area contributed by atoms with Crippen LogP contribution in [0.5, 0.6) is 11.5 Å². The van der Waals surface area contributed by atoms with Gasteiger partial charge in [-0.2, -0.15) is 0 Å². The molecular weight excluding hydrogens is 298 g/mol. The molecule has 0 heterocycles. The molecule has 128 valence electrons. The van der Waals surface area contributed by atoms with E-state index in [2.05, 4.69) is 5.32 Å². The Bertz CT molecular complexity index is 552. The van der Waals surface area contributed by atoms with Crippen molar-refractivity contribution >= 4 is 11.9 Å². The topological polar surface area (TPSA) is 84.9 Å². The van der Waals surface area contributed by atoms with Crippen LogP contribution in [0.3, 0.4) is 0 Å². The fourth-order valence-electron chi connectivity index (χ4n) is 2.38. The summed E-state index contributed by atoms with van der Waals surface area (Å²) in [6.45, 7) is 3.76. The van der Waals surface area contributed by atoms with Crippen molar-refractivity contribution in [3.05, 3.63) is 23.8 Å². The van der Waals surface area contributed by atoms with Crippen LogP contribution in [0.1, 0.15) is 32.3 Å². The summed E-state index contributed by atoms with van der Waals surface area (Å²) in [7, 11) is 3.08. The maximum atomic E-state index is 12.1. The van der Waals surface area contributed by atoms with Crippen molar-refractivity contribution in [2.45, 2.75) is 33.1 Å². The molecule has 1 aromatic carbocycles. The van der Waals surface area contributed by atoms with Gasteiger partial charge < -0.3 is 19.9 Å². The van der Waals surface area contributed by atoms with Gasteiger partial charge in [-0.15, -0.1) is 0 Å². The molecule has 0 unspecified atom stereocenters. The first-order valence-electron chi connectivity index (χ1n) is 7.63. The summed E-state index contributed by atoms with van der Waals surface area (Å²) < 4.78 is 10.4. The van der Waals surface area contributed by atoms with Gasteiger partial charge >= 0.3 is 5.97 Å². The molecule has 1 aromatic rings. The molecule has 6 nitrogen and oxygen atoms in total. The number of carbonyl (C=O) groups is 2. The average Bonchev–Trinajstić information content (AvgIpc) is 2.55. The first-order valence-corrected chi connectivity index (χ1v) is 7.63. The zero-order valence-corrected chi connectivity index (χ0v) is 14.1. The monoisotopic (exact) mass is 323 g/mol. The maximum Gasteiger partial charge on any atom is 0.311 e. The molecule has 6 heteroatoms. The molecule has 0 aromatic heterocycles. The predicted molar refractivity (Wildman–Crippen MR) is 86.9 cm³/mol. The molecule has 0 atom stereocenters. The Morgan fingerprint density at radius 1 is 1.13 bits per heavy atom. The van der Waals surface area contributed by atoms with Crippen molar-refractivity contribution in [3.63, 3.8) is 0 Å². The largest absolute Gasteiger partial charge is 0.493 e. The normalized spacial score (nSPS) is 11.0. The molecule has 1 rings (SSSR count). The average molecular weight is 323 g/mol. The summed E-state index contributed by atoms with van der Waals surface area (Å²) in [5, 5.41) is 12.1. The van der Waals surface area contributed by atoms with E-state index in [9.17, 15) is 14.7 Å². The number of benzene rings is 1. The van der Waals surface area contributed by atoms with E-state index in [-0.39, 0.29) is 18.9 Å². The van der Waals surface area contributed by atoms with Crippen LogP contribution in [-0.2, 0) is 16.0 Å². The van der Waals surface area contributed by atoms with Crippen LogP contribution < -0.4 is 14.8 Å². The molecule has 23 heavy (non-hydrogen) atoms. The van der Waals surface area contributed by atoms with Gasteiger partial charge in [-0.25, -0.2) is 0 Å². The Kier molecular flexibility index (Phi) is 6.88. The highest BCUT2D eigenvalue weighted by molar-refractivity contribution is 5.80. The number of carboxylic acid groups (broad SMARTS) is 1. The van der Waals surface area contributed by atoms with Crippen LogP contribution in [0, 0.1) is 5.41 Å². The van der Waals surface area contributed by atoms with E-state index in [1.165, 1.54) is 7.11 Å². The number of hydrogen-bond acceptors (Lipinski definition) is 4. The van der Waals surface area contributed by atoms with Crippen LogP contribution in [0.2, 0.25) is 0 Å². The fourth-order valence-corrected chi connectivity index (χ4v) is 2.38. The lowest BCUT2D eigenvalue weighted by Gasteiger charge is -2.26. The summed E-state index contributed by atoms with van der Waals surface area (Å²) in [4.78, 5) is 23.5. The van der Waals surface area contributed by atoms with E-state index in [1.54, 1.807) is 25.3 Å². The first kappa shape index (κ1) is 18.8. The molecule has 0 bridgehead atoms. The molecule has 0 radical (unpaired) electrons. The van der Waals surface area contributed by atoms with Gasteiger partial charge in [-0.1, -0.05) is 19.9 Å². The van der Waals surface area contributed by atoms with E-state index in [1.807, 2.05) is 13.8 Å². The Balaban J connectivity index is 2.72. The van der Waals surface area contributed by atoms with Crippen LogP contribution >= 0.6 is 0 Å². The molecule has 0 fully saturated rings. The summed E-state index contributed by atoms with van der Waals surface area (Å²) >= 11 is 0. The van der Waals surface area contributed by atoms with Gasteiger partial charge in [0, 0.05) is 6.54 Å². The molecule has 1 amide bonds. The van der Waals surface area contributed by atoms with Gasteiger partial charge in [-0.3, -0.25) is 9.59 Å². The van der Waals surface area contributed by atoms with Gasteiger partial charge in [-0.05, 0) is 30.5 Å². The Labute approximate surface area is 136 Å². The van der Waals surface area contributed by atoms with Gasteiger partial charge in [0.05, 0.1) is 26.1 Å². The van der Waals surface area contributed by atoms with E-state index in [4.69, 9.17) is 9.47 Å². The molecule has 0 spiro atoms. The molecule has 0 saturated heterocycles. The van der Waals surface area contributed by atoms with Crippen molar-refractivity contribution in [3.8, 4) is 11.5 Å². The minimum Gasteiger partial charge on any atom is -0.493 e. The third-order valence-electron chi connectivity index (χ3n) is 4.24. The van der Waals surface area contributed by atoms with Crippen molar-refractivity contribution in [2.24, 2.45) is 5.41 Å². The Morgan fingerprint density at radius 3 is 2.22 bits per heavy atom. The number of carbonyl (C=O) groups excluding carboxylic acids is 1. The van der Waals surface area contributed by atoms with Crippen LogP contribution in [0.25, 0.3) is 0 Å². The molecule has 0 aliphatic rings. The van der Waals surface area contributed by atoms with Gasteiger partial charge in [0.15, 0.2) is 11.5 Å². The molecule has 0 aliphatic heterocycles. The fraction of sp³-hybridized carbons (Fsp3) is 0.529. The highest BCUT2D eigenvalue weighted by atomic mass is 16.5. The van der Waals surface area contributed by atoms with E-state index < -0.39 is 11.4 Å². The van der Waals surface area contributed by atoms with Crippen molar-refractivity contribution in [2.75, 3.05) is 20.8 Å². The second kappa shape index (κ2) is 8.41. The highest BCUT2D eigenvalue weighted by Gasteiger charge is 2.35. The lowest BCUT2D eigenvalue weighted by atomic mass is 9.82. The Morgan fingerprint density at radius 2 is 1.74 bits per heavy atom. The van der Waals surface area contributed by atoms with Gasteiger partial charge in [0.25, 0.3) is 0 Å². The Hall–Kier alpha value is -2.24. The van der Waals surface area contributed by atoms with Gasteiger partial charge in [0.1, 0.15) is 0 Å². The number of methoxy groups -OCH3 is 2. The van der Waals surface area contributed by atoms with E-state index in [0.717, 1.165) is 5.56 Å². The SMILES string of the molecule is CCC(CC)(CNC(=O)Cc1ccc(OC)c(OC)c1)C(=O)O. The molecule has 2 N–H and O–H groups in total. The number of carboxylic acids is 1. The quantitative estimate of drug-likeness (QED) is 0.728. The van der Waals surface area contributed by atoms with Crippen LogP contribution in [0.4, 0.5) is 0 Å². The van der Waals surface area contributed by atoms with Crippen LogP contribution in [-0.4, -0.2) is 37.7 Å². The maximum absolute atomic E-state index is 12.1. The minimum absolute atomic E-state index is 0.126. The lowest BCUT2D eigenvalue weighted by Crippen LogP contribution is -2.42. The predicted octanol–water partition coefficient (Wildman–Crippen LogP) is 2.25. The summed E-state index contributed by atoms with van der Waals surface area (Å²) in [5.41, 5.74) is -0.137. The van der Waals surface area contributed by atoms with Crippen LogP contribution in [0.15, 0.2) is 18.2 Å². The highest BCUT2D eigenvalue weighted by Crippen LogP contribution is 2.28. The number of hydrogen-bond donors (Lipinski definition) is 2. The van der Waals surface area contributed by atoms with E-state index >= 15 is 0 Å². The standard InChI is InChI=1S/C17H25NO5/c1-5-17(6-2,16(20)21)11-18-15(19)10-12-7-8-13(22-3)14(9-12)23-4/h7-9H,5-6,10-11H2,1-4H3,(H,18,19)(H,20,21). The zero-order valence-electron chi connectivity index (χ0n) is 14.1. The second-order valence-electron chi connectivity index (χ2n) is 5.44. The minimum atomic E-state index is -0.909. The summed E-state index contributed by atoms with van der Waals surface area (Å²) in [5.74, 6) is 0.0528. The number of aliphatic carboxylic acids is 1. The summed E-state index contributed by atoms with van der Waals surface area (Å²) in [6, 6.07) is 5.26. The van der Waals surface area contributed by atoms with Crippen molar-refractivity contribution < 1.29 is 24.2 Å². The van der Waals surface area contributed by atoms with E-state index in [0.29, 0.717) is 24.3 Å². The second-order valence-corrected chi connectivity index (χ2v) is 5.44. The molecule has 0 aliphatic carbocycles.